The van der Waals surface area contributed by atoms with Crippen LogP contribution in [0.4, 0.5) is 5.69 Å². The Morgan fingerprint density at radius 1 is 1.00 bits per heavy atom. The first-order valence-corrected chi connectivity index (χ1v) is 14.7. The summed E-state index contributed by atoms with van der Waals surface area (Å²) in [5.41, 5.74) is 2.52. The highest BCUT2D eigenvalue weighted by Crippen LogP contribution is 2.26. The van der Waals surface area contributed by atoms with Crippen molar-refractivity contribution < 1.29 is 4.79 Å². The summed E-state index contributed by atoms with van der Waals surface area (Å²) in [4.78, 5) is 20.4. The Morgan fingerprint density at radius 2 is 1.71 bits per heavy atom. The number of rotatable bonds is 6. The number of nitrogens with zero attached hydrogens (tertiary/aromatic N) is 2. The van der Waals surface area contributed by atoms with Crippen molar-refractivity contribution in [3.8, 4) is 0 Å². The number of hydrogen-bond acceptors (Lipinski definition) is 3. The third-order valence-corrected chi connectivity index (χ3v) is 8.15. The van der Waals surface area contributed by atoms with Crippen LogP contribution in [-0.4, -0.2) is 54.5 Å². The minimum atomic E-state index is -0.104. The molecule has 0 bridgehead atoms. The average Bonchev–Trinajstić information content (AvgIpc) is 3.08. The van der Waals surface area contributed by atoms with E-state index in [1.165, 1.54) is 25.7 Å². The van der Waals surface area contributed by atoms with Crippen LogP contribution in [0.1, 0.15) is 68.8 Å². The summed E-state index contributed by atoms with van der Waals surface area (Å²) >= 11 is 12.2. The number of anilines is 1. The predicted octanol–water partition coefficient (Wildman–Crippen LogP) is 6.38. The lowest BCUT2D eigenvalue weighted by Crippen LogP contribution is -2.57. The van der Waals surface area contributed by atoms with E-state index in [1.54, 1.807) is 6.07 Å². The Balaban J connectivity index is 1.41. The van der Waals surface area contributed by atoms with Gasteiger partial charge in [0.25, 0.3) is 5.91 Å². The lowest BCUT2D eigenvalue weighted by Gasteiger charge is -2.38. The van der Waals surface area contributed by atoms with E-state index in [2.05, 4.69) is 41.6 Å². The van der Waals surface area contributed by atoms with E-state index in [0.717, 1.165) is 36.7 Å². The second-order valence-corrected chi connectivity index (χ2v) is 11.8. The van der Waals surface area contributed by atoms with Crippen LogP contribution in [0.15, 0.2) is 47.5 Å². The van der Waals surface area contributed by atoms with Crippen LogP contribution in [0.5, 0.6) is 0 Å². The molecular formula is C30H41Cl2N5O. The molecule has 2 fully saturated rings. The number of benzene rings is 2. The molecule has 6 nitrogen and oxygen atoms in total. The zero-order chi connectivity index (χ0) is 27.1. The van der Waals surface area contributed by atoms with Gasteiger partial charge in [-0.15, -0.1) is 0 Å². The number of carbonyl (C=O) groups is 1. The number of nitrogens with one attached hydrogen (secondary N) is 3. The lowest BCUT2D eigenvalue weighted by molar-refractivity contribution is 0.0954. The molecule has 2 unspecified atom stereocenters. The number of hydrogen-bond donors (Lipinski definition) is 3. The number of carbonyl (C=O) groups excluding carboxylic acids is 1. The molecule has 1 aliphatic carbocycles. The Bertz CT molecular complexity index is 1100. The van der Waals surface area contributed by atoms with Gasteiger partial charge in [0, 0.05) is 53.0 Å². The number of amides is 1. The molecule has 1 saturated heterocycles. The molecule has 2 aliphatic rings. The van der Waals surface area contributed by atoms with E-state index in [9.17, 15) is 4.79 Å². The van der Waals surface area contributed by atoms with Gasteiger partial charge in [0.1, 0.15) is 0 Å². The quantitative estimate of drug-likeness (QED) is 0.219. The number of aliphatic imine (C=N–C) groups is 1. The van der Waals surface area contributed by atoms with Gasteiger partial charge in [0.15, 0.2) is 5.96 Å². The topological polar surface area (TPSA) is 68.8 Å². The first kappa shape index (κ1) is 28.7. The molecule has 2 aromatic rings. The SMILES string of the molecule is CC1CN(C(=N[C@@H]2CCCCC[C@H]2C)Nc2ccc(C(=O)NCCc3ccc(Cl)cc3Cl)cc2)CC(C)N1. The maximum absolute atomic E-state index is 12.7. The molecule has 2 aromatic carbocycles. The highest BCUT2D eigenvalue weighted by Gasteiger charge is 2.26. The molecule has 0 aromatic heterocycles. The molecule has 0 spiro atoms. The predicted molar refractivity (Wildman–Crippen MR) is 160 cm³/mol. The van der Waals surface area contributed by atoms with Gasteiger partial charge in [-0.1, -0.05) is 55.5 Å². The summed E-state index contributed by atoms with van der Waals surface area (Å²) in [5, 5.41) is 11.4. The van der Waals surface area contributed by atoms with Crippen LogP contribution < -0.4 is 16.0 Å². The van der Waals surface area contributed by atoms with Gasteiger partial charge >= 0.3 is 0 Å². The average molecular weight is 559 g/mol. The molecule has 1 aliphatic heterocycles. The molecule has 3 N–H and O–H groups in total. The summed E-state index contributed by atoms with van der Waals surface area (Å²) in [6.45, 7) is 9.11. The van der Waals surface area contributed by atoms with Gasteiger partial charge in [-0.05, 0) is 81.0 Å². The van der Waals surface area contributed by atoms with Crippen molar-refractivity contribution in [3.63, 3.8) is 0 Å². The minimum Gasteiger partial charge on any atom is -0.352 e. The highest BCUT2D eigenvalue weighted by molar-refractivity contribution is 6.35. The van der Waals surface area contributed by atoms with Crippen molar-refractivity contribution in [2.45, 2.75) is 77.4 Å². The monoisotopic (exact) mass is 557 g/mol. The van der Waals surface area contributed by atoms with Crippen molar-refractivity contribution >= 4 is 40.8 Å². The fourth-order valence-corrected chi connectivity index (χ4v) is 5.99. The summed E-state index contributed by atoms with van der Waals surface area (Å²) in [7, 11) is 0. The highest BCUT2D eigenvalue weighted by atomic mass is 35.5. The van der Waals surface area contributed by atoms with E-state index >= 15 is 0 Å². The van der Waals surface area contributed by atoms with E-state index < -0.39 is 0 Å². The smallest absolute Gasteiger partial charge is 0.251 e. The third-order valence-electron chi connectivity index (χ3n) is 7.56. The Kier molecular flexibility index (Phi) is 10.3. The zero-order valence-corrected chi connectivity index (χ0v) is 24.3. The van der Waals surface area contributed by atoms with Gasteiger partial charge < -0.3 is 20.9 Å². The van der Waals surface area contributed by atoms with Crippen molar-refractivity contribution in [3.05, 3.63) is 63.6 Å². The van der Waals surface area contributed by atoms with Crippen LogP contribution in [0, 0.1) is 5.92 Å². The molecular weight excluding hydrogens is 517 g/mol. The number of halogens is 2. The van der Waals surface area contributed by atoms with Crippen molar-refractivity contribution in [1.29, 1.82) is 0 Å². The van der Waals surface area contributed by atoms with E-state index in [4.69, 9.17) is 28.2 Å². The molecule has 0 radical (unpaired) electrons. The molecule has 4 rings (SSSR count). The lowest BCUT2D eigenvalue weighted by atomic mass is 9.98. The Hall–Kier alpha value is -2.28. The fourth-order valence-electron chi connectivity index (χ4n) is 5.49. The zero-order valence-electron chi connectivity index (χ0n) is 22.8. The summed E-state index contributed by atoms with van der Waals surface area (Å²) in [6, 6.07) is 14.2. The molecule has 4 atom stereocenters. The molecule has 206 valence electrons. The van der Waals surface area contributed by atoms with Gasteiger partial charge in [0.2, 0.25) is 0 Å². The number of guanidine groups is 1. The third kappa shape index (κ3) is 8.11. The summed E-state index contributed by atoms with van der Waals surface area (Å²) in [5.74, 6) is 1.43. The van der Waals surface area contributed by atoms with E-state index in [0.29, 0.717) is 52.6 Å². The van der Waals surface area contributed by atoms with Gasteiger partial charge in [-0.25, -0.2) is 4.99 Å². The Morgan fingerprint density at radius 3 is 2.42 bits per heavy atom. The van der Waals surface area contributed by atoms with Crippen LogP contribution >= 0.6 is 23.2 Å². The van der Waals surface area contributed by atoms with Crippen LogP contribution in [0.2, 0.25) is 10.0 Å². The first-order chi connectivity index (χ1) is 18.3. The molecule has 1 amide bonds. The van der Waals surface area contributed by atoms with Crippen LogP contribution in [0.25, 0.3) is 0 Å². The molecule has 38 heavy (non-hydrogen) atoms. The second-order valence-electron chi connectivity index (χ2n) is 11.0. The van der Waals surface area contributed by atoms with Crippen molar-refractivity contribution in [2.75, 3.05) is 25.0 Å². The first-order valence-electron chi connectivity index (χ1n) is 14.0. The minimum absolute atomic E-state index is 0.104. The summed E-state index contributed by atoms with van der Waals surface area (Å²) < 4.78 is 0. The maximum atomic E-state index is 12.7. The number of piperazine rings is 1. The maximum Gasteiger partial charge on any atom is 0.251 e. The molecule has 8 heteroatoms. The fraction of sp³-hybridized carbons (Fsp3) is 0.533. The molecule has 1 saturated carbocycles. The van der Waals surface area contributed by atoms with Crippen molar-refractivity contribution in [2.24, 2.45) is 10.9 Å². The standard InChI is InChI=1S/C30H41Cl2N5O/c1-20-7-5-4-6-8-28(20)36-30(37-18-21(2)34-22(3)19-37)35-26-13-10-24(11-14-26)29(38)33-16-15-23-9-12-25(31)17-27(23)32/h9-14,17,20-22,28,34H,4-8,15-16,18-19H2,1-3H3,(H,33,38)(H,35,36)/t20-,21?,22?,28-/m1/s1. The Labute approximate surface area is 237 Å². The molecule has 1 heterocycles. The van der Waals surface area contributed by atoms with Crippen LogP contribution in [0.3, 0.4) is 0 Å². The van der Waals surface area contributed by atoms with E-state index in [1.807, 2.05) is 36.4 Å². The van der Waals surface area contributed by atoms with Gasteiger partial charge in [-0.3, -0.25) is 4.79 Å². The van der Waals surface area contributed by atoms with E-state index in [-0.39, 0.29) is 5.91 Å². The second kappa shape index (κ2) is 13.7. The largest absolute Gasteiger partial charge is 0.352 e. The van der Waals surface area contributed by atoms with Crippen molar-refractivity contribution in [1.82, 2.24) is 15.5 Å². The normalized spacial score (nSPS) is 24.6. The van der Waals surface area contributed by atoms with Gasteiger partial charge in [-0.2, -0.15) is 0 Å². The van der Waals surface area contributed by atoms with Gasteiger partial charge in [0.05, 0.1) is 6.04 Å². The summed E-state index contributed by atoms with van der Waals surface area (Å²) in [6.07, 6.45) is 6.87. The van der Waals surface area contributed by atoms with Crippen LogP contribution in [-0.2, 0) is 6.42 Å².